The quantitative estimate of drug-likeness (QED) is 0.0963. The van der Waals surface area contributed by atoms with Crippen molar-refractivity contribution in [3.8, 4) is 0 Å². The Morgan fingerprint density at radius 3 is 0.978 bits per heavy atom. The van der Waals surface area contributed by atoms with Crippen LogP contribution in [0.5, 0.6) is 0 Å². The van der Waals surface area contributed by atoms with E-state index in [1.807, 2.05) is 0 Å². The van der Waals surface area contributed by atoms with E-state index < -0.39 is 149 Å². The Bertz CT molecular complexity index is 926. The summed E-state index contributed by atoms with van der Waals surface area (Å²) in [5.41, 5.74) is 0. The first-order valence-corrected chi connectivity index (χ1v) is 14.5. The highest BCUT2D eigenvalue weighted by molar-refractivity contribution is 4.97. The lowest BCUT2D eigenvalue weighted by molar-refractivity contribution is -0.388. The molecular formula is C25H44O21. The Balaban J connectivity index is 1.43. The normalized spacial score (nSPS) is 52.0. The van der Waals surface area contributed by atoms with Crippen LogP contribution in [0.3, 0.4) is 0 Å². The van der Waals surface area contributed by atoms with Gasteiger partial charge in [0.15, 0.2) is 25.2 Å². The third-order valence-corrected chi connectivity index (χ3v) is 8.42. The van der Waals surface area contributed by atoms with Gasteiger partial charge in [0.2, 0.25) is 0 Å². The molecule has 0 aromatic heterocycles. The van der Waals surface area contributed by atoms with E-state index in [-0.39, 0.29) is 0 Å². The fourth-order valence-corrected chi connectivity index (χ4v) is 5.73. The molecule has 21 nitrogen and oxygen atoms in total. The molecule has 13 N–H and O–H groups in total. The Morgan fingerprint density at radius 1 is 0.370 bits per heavy atom. The molecule has 4 aliphatic heterocycles. The van der Waals surface area contributed by atoms with E-state index in [9.17, 15) is 66.4 Å². The minimum absolute atomic E-state index is 0.721. The Morgan fingerprint density at radius 2 is 0.652 bits per heavy atom. The minimum Gasteiger partial charge on any atom is -0.394 e. The first-order chi connectivity index (χ1) is 21.8. The summed E-state index contributed by atoms with van der Waals surface area (Å²) in [4.78, 5) is 0. The smallest absolute Gasteiger partial charge is 0.187 e. The third-order valence-electron chi connectivity index (χ3n) is 8.42. The summed E-state index contributed by atoms with van der Waals surface area (Å²) >= 11 is 0. The van der Waals surface area contributed by atoms with Crippen LogP contribution in [0, 0.1) is 0 Å². The monoisotopic (exact) mass is 680 g/mol. The average molecular weight is 681 g/mol. The van der Waals surface area contributed by atoms with Crippen LogP contribution < -0.4 is 0 Å². The lowest BCUT2D eigenvalue weighted by Crippen LogP contribution is -2.67. The van der Waals surface area contributed by atoms with Gasteiger partial charge in [0.25, 0.3) is 0 Å². The summed E-state index contributed by atoms with van der Waals surface area (Å²) < 4.78 is 43.2. The number of hydrogen-bond donors (Lipinski definition) is 13. The molecule has 0 aliphatic carbocycles. The second-order valence-electron chi connectivity index (χ2n) is 11.4. The molecule has 0 aromatic carbocycles. The van der Waals surface area contributed by atoms with Gasteiger partial charge in [0.05, 0.1) is 26.4 Å². The first-order valence-electron chi connectivity index (χ1n) is 14.5. The number of ether oxygens (including phenoxy) is 8. The lowest BCUT2D eigenvalue weighted by atomic mass is 9.95. The molecule has 270 valence electrons. The molecule has 0 radical (unpaired) electrons. The van der Waals surface area contributed by atoms with Crippen molar-refractivity contribution in [2.75, 3.05) is 33.5 Å². The van der Waals surface area contributed by atoms with Gasteiger partial charge in [-0.2, -0.15) is 0 Å². The summed E-state index contributed by atoms with van der Waals surface area (Å²) in [6.07, 6.45) is -33.9. The van der Waals surface area contributed by atoms with Gasteiger partial charge >= 0.3 is 0 Å². The van der Waals surface area contributed by atoms with E-state index in [1.165, 1.54) is 7.11 Å². The molecule has 0 saturated carbocycles. The van der Waals surface area contributed by atoms with Crippen molar-refractivity contribution < 1.29 is 104 Å². The molecule has 0 spiro atoms. The fourth-order valence-electron chi connectivity index (χ4n) is 5.73. The maximum atomic E-state index is 10.9. The number of rotatable bonds is 11. The standard InChI is InChI=1S/C25H44O21/c1-39-22-16(36)12(32)19(7(3-27)41-22)45-24-18(38)14(34)21(9(5-29)43-24)46-25-17(37)13(33)20(8(4-28)42-25)44-23-15(35)11(31)10(30)6(2-26)40-23/h6-38H,2-5H2,1H3. The second-order valence-corrected chi connectivity index (χ2v) is 11.4. The molecule has 4 rings (SSSR count). The van der Waals surface area contributed by atoms with Crippen molar-refractivity contribution in [2.45, 2.75) is 123 Å². The summed E-state index contributed by atoms with van der Waals surface area (Å²) in [6.45, 7) is -3.26. The van der Waals surface area contributed by atoms with Crippen molar-refractivity contribution in [3.63, 3.8) is 0 Å². The number of hydrogen-bond acceptors (Lipinski definition) is 21. The van der Waals surface area contributed by atoms with Crippen molar-refractivity contribution in [2.24, 2.45) is 0 Å². The summed E-state index contributed by atoms with van der Waals surface area (Å²) in [6, 6.07) is 0. The molecule has 4 heterocycles. The van der Waals surface area contributed by atoms with Gasteiger partial charge in [-0.3, -0.25) is 0 Å². The first kappa shape index (κ1) is 38.0. The van der Waals surface area contributed by atoms with Crippen LogP contribution in [0.25, 0.3) is 0 Å². The van der Waals surface area contributed by atoms with Gasteiger partial charge in [0, 0.05) is 7.11 Å². The van der Waals surface area contributed by atoms with Crippen LogP contribution >= 0.6 is 0 Å². The fraction of sp³-hybridized carbons (Fsp3) is 1.00. The Labute approximate surface area is 261 Å². The zero-order valence-electron chi connectivity index (χ0n) is 24.5. The molecule has 4 saturated heterocycles. The molecule has 4 aliphatic rings. The molecule has 4 fully saturated rings. The highest BCUT2D eigenvalue weighted by Gasteiger charge is 2.55. The van der Waals surface area contributed by atoms with Crippen LogP contribution in [0.4, 0.5) is 0 Å². The van der Waals surface area contributed by atoms with Crippen LogP contribution in [0.1, 0.15) is 0 Å². The Hall–Kier alpha value is -0.840. The predicted molar refractivity (Wildman–Crippen MR) is 139 cm³/mol. The largest absolute Gasteiger partial charge is 0.394 e. The van der Waals surface area contributed by atoms with Crippen molar-refractivity contribution in [3.05, 3.63) is 0 Å². The van der Waals surface area contributed by atoms with Gasteiger partial charge in [-0.1, -0.05) is 0 Å². The number of methoxy groups -OCH3 is 1. The van der Waals surface area contributed by atoms with Crippen LogP contribution in [0.15, 0.2) is 0 Å². The predicted octanol–water partition coefficient (Wildman–Crippen LogP) is -9.09. The van der Waals surface area contributed by atoms with Gasteiger partial charge in [-0.25, -0.2) is 0 Å². The highest BCUT2D eigenvalue weighted by atomic mass is 16.8. The van der Waals surface area contributed by atoms with Crippen molar-refractivity contribution in [1.82, 2.24) is 0 Å². The molecule has 46 heavy (non-hydrogen) atoms. The average Bonchev–Trinajstić information content (AvgIpc) is 3.05. The maximum absolute atomic E-state index is 10.9. The lowest BCUT2D eigenvalue weighted by Gasteiger charge is -2.49. The SMILES string of the molecule is COC1OC(CO)C(OC2OC(CO)C(OC3OC(CO)C(OC4OC(CO)C(O)C(O)C4O)C(O)C3O)C(O)C2O)C(O)C1O. The van der Waals surface area contributed by atoms with Gasteiger partial charge in [0.1, 0.15) is 97.7 Å². The highest BCUT2D eigenvalue weighted by Crippen LogP contribution is 2.34. The second kappa shape index (κ2) is 16.2. The zero-order valence-corrected chi connectivity index (χ0v) is 24.5. The van der Waals surface area contributed by atoms with E-state index in [1.54, 1.807) is 0 Å². The molecule has 0 amide bonds. The van der Waals surface area contributed by atoms with Crippen LogP contribution in [0.2, 0.25) is 0 Å². The van der Waals surface area contributed by atoms with Crippen molar-refractivity contribution >= 4 is 0 Å². The van der Waals surface area contributed by atoms with Crippen molar-refractivity contribution in [1.29, 1.82) is 0 Å². The minimum atomic E-state index is -2.01. The summed E-state index contributed by atoms with van der Waals surface area (Å²) in [5.74, 6) is 0. The van der Waals surface area contributed by atoms with Gasteiger partial charge in [-0.15, -0.1) is 0 Å². The van der Waals surface area contributed by atoms with E-state index in [0.29, 0.717) is 0 Å². The molecular weight excluding hydrogens is 636 g/mol. The molecule has 0 bridgehead atoms. The summed E-state index contributed by atoms with van der Waals surface area (Å²) in [5, 5.41) is 133. The van der Waals surface area contributed by atoms with Gasteiger partial charge < -0.3 is 104 Å². The van der Waals surface area contributed by atoms with Gasteiger partial charge in [-0.05, 0) is 0 Å². The molecule has 0 aromatic rings. The summed E-state index contributed by atoms with van der Waals surface area (Å²) in [7, 11) is 1.19. The molecule has 20 atom stereocenters. The topological polar surface area (TPSA) is 337 Å². The maximum Gasteiger partial charge on any atom is 0.187 e. The van der Waals surface area contributed by atoms with E-state index in [2.05, 4.69) is 0 Å². The van der Waals surface area contributed by atoms with Crippen LogP contribution in [-0.2, 0) is 37.9 Å². The third kappa shape index (κ3) is 7.50. The van der Waals surface area contributed by atoms with Crippen LogP contribution in [-0.4, -0.2) is 223 Å². The van der Waals surface area contributed by atoms with E-state index in [4.69, 9.17) is 37.9 Å². The number of aliphatic hydroxyl groups excluding tert-OH is 13. The molecule has 21 heteroatoms. The van der Waals surface area contributed by atoms with E-state index >= 15 is 0 Å². The zero-order chi connectivity index (χ0) is 34.0. The molecule has 20 unspecified atom stereocenters. The van der Waals surface area contributed by atoms with E-state index in [0.717, 1.165) is 0 Å². The number of aliphatic hydroxyl groups is 13. The Kier molecular flexibility index (Phi) is 13.4.